The topological polar surface area (TPSA) is 86.8 Å². The van der Waals surface area contributed by atoms with E-state index in [1.165, 1.54) is 17.0 Å². The molecule has 0 bridgehead atoms. The number of hydrogen-bond acceptors (Lipinski definition) is 4. The van der Waals surface area contributed by atoms with Crippen LogP contribution in [0, 0.1) is 6.92 Å². The Morgan fingerprint density at radius 1 is 0.921 bits per heavy atom. The first-order valence-electron chi connectivity index (χ1n) is 12.5. The number of aryl methyl sites for hydroxylation is 1. The monoisotopic (exact) mass is 555 g/mol. The molecule has 0 aliphatic heterocycles. The first-order valence-corrected chi connectivity index (χ1v) is 14.3. The maximum absolute atomic E-state index is 13.8. The zero-order valence-corrected chi connectivity index (χ0v) is 23.7. The maximum atomic E-state index is 13.8. The molecule has 7 nitrogen and oxygen atoms in total. The third-order valence-corrected chi connectivity index (χ3v) is 8.13. The van der Waals surface area contributed by atoms with Crippen molar-refractivity contribution in [1.29, 1.82) is 0 Å². The zero-order chi connectivity index (χ0) is 27.9. The van der Waals surface area contributed by atoms with Gasteiger partial charge in [-0.2, -0.15) is 0 Å². The number of benzene rings is 3. The predicted molar refractivity (Wildman–Crippen MR) is 152 cm³/mol. The second-order valence-corrected chi connectivity index (χ2v) is 11.7. The van der Waals surface area contributed by atoms with Crippen molar-refractivity contribution >= 4 is 39.1 Å². The minimum atomic E-state index is -4.11. The van der Waals surface area contributed by atoms with E-state index in [0.29, 0.717) is 22.7 Å². The summed E-state index contributed by atoms with van der Waals surface area (Å²) in [5.41, 5.74) is 1.95. The minimum absolute atomic E-state index is 0.0589. The summed E-state index contributed by atoms with van der Waals surface area (Å²) in [6, 6.07) is 21.5. The number of halogens is 1. The molecule has 0 fully saturated rings. The molecular formula is C29H34ClN3O4S. The largest absolute Gasteiger partial charge is 0.352 e. The summed E-state index contributed by atoms with van der Waals surface area (Å²) >= 11 is 6.14. The molecule has 0 aliphatic rings. The fourth-order valence-electron chi connectivity index (χ4n) is 4.11. The first-order chi connectivity index (χ1) is 18.0. The zero-order valence-electron chi connectivity index (χ0n) is 22.1. The van der Waals surface area contributed by atoms with Crippen molar-refractivity contribution in [3.63, 3.8) is 0 Å². The Labute approximate surface area is 230 Å². The standard InChI is InChI=1S/C29H34ClN3O4S/c1-21(2)31-29(35)23(4)32(18-17-24-11-7-5-8-12-24)28(34)20-33(27-16-15-25(30)19-22(27)3)38(36,37)26-13-9-6-10-14-26/h5-16,19,21,23H,17-18,20H2,1-4H3,(H,31,35)/t23-/m0/s1. The first kappa shape index (κ1) is 29.2. The van der Waals surface area contributed by atoms with Crippen molar-refractivity contribution < 1.29 is 18.0 Å². The molecule has 0 unspecified atom stereocenters. The third-order valence-electron chi connectivity index (χ3n) is 6.12. The molecular weight excluding hydrogens is 522 g/mol. The summed E-state index contributed by atoms with van der Waals surface area (Å²) in [6.07, 6.45) is 0.511. The van der Waals surface area contributed by atoms with Crippen molar-refractivity contribution in [2.75, 3.05) is 17.4 Å². The van der Waals surface area contributed by atoms with Crippen LogP contribution in [0.25, 0.3) is 0 Å². The fourth-order valence-corrected chi connectivity index (χ4v) is 5.83. The van der Waals surface area contributed by atoms with Gasteiger partial charge in [-0.05, 0) is 75.6 Å². The Morgan fingerprint density at radius 3 is 2.11 bits per heavy atom. The number of carbonyl (C=O) groups excluding carboxylic acids is 2. The molecule has 2 amide bonds. The molecule has 0 radical (unpaired) electrons. The van der Waals surface area contributed by atoms with Crippen LogP contribution in [0.15, 0.2) is 83.8 Å². The quantitative estimate of drug-likeness (QED) is 0.367. The van der Waals surface area contributed by atoms with Crippen LogP contribution < -0.4 is 9.62 Å². The molecule has 1 atom stereocenters. The molecule has 0 spiro atoms. The maximum Gasteiger partial charge on any atom is 0.264 e. The van der Waals surface area contributed by atoms with Crippen LogP contribution in [0.5, 0.6) is 0 Å². The van der Waals surface area contributed by atoms with Crippen LogP contribution >= 0.6 is 11.6 Å². The lowest BCUT2D eigenvalue weighted by Crippen LogP contribution is -2.53. The summed E-state index contributed by atoms with van der Waals surface area (Å²) in [5, 5.41) is 3.31. The van der Waals surface area contributed by atoms with E-state index in [0.717, 1.165) is 9.87 Å². The van der Waals surface area contributed by atoms with Gasteiger partial charge in [0.15, 0.2) is 0 Å². The van der Waals surface area contributed by atoms with Gasteiger partial charge in [0, 0.05) is 17.6 Å². The summed E-state index contributed by atoms with van der Waals surface area (Å²) in [6.45, 7) is 6.86. The van der Waals surface area contributed by atoms with Crippen LogP contribution in [-0.2, 0) is 26.0 Å². The van der Waals surface area contributed by atoms with E-state index in [4.69, 9.17) is 11.6 Å². The SMILES string of the molecule is Cc1cc(Cl)ccc1N(CC(=O)N(CCc1ccccc1)[C@@H](C)C(=O)NC(C)C)S(=O)(=O)c1ccccc1. The molecule has 0 heterocycles. The average Bonchev–Trinajstić information content (AvgIpc) is 2.88. The Balaban J connectivity index is 2.00. The molecule has 3 aromatic carbocycles. The van der Waals surface area contributed by atoms with Gasteiger partial charge >= 0.3 is 0 Å². The van der Waals surface area contributed by atoms with Gasteiger partial charge in [-0.15, -0.1) is 0 Å². The highest BCUT2D eigenvalue weighted by molar-refractivity contribution is 7.92. The molecule has 1 N–H and O–H groups in total. The van der Waals surface area contributed by atoms with Crippen molar-refractivity contribution in [3.05, 3.63) is 95.0 Å². The van der Waals surface area contributed by atoms with Crippen LogP contribution in [0.4, 0.5) is 5.69 Å². The molecule has 3 aromatic rings. The Bertz CT molecular complexity index is 1350. The minimum Gasteiger partial charge on any atom is -0.352 e. The number of nitrogens with one attached hydrogen (secondary N) is 1. The number of nitrogens with zero attached hydrogens (tertiary/aromatic N) is 2. The van der Waals surface area contributed by atoms with E-state index in [9.17, 15) is 18.0 Å². The highest BCUT2D eigenvalue weighted by Crippen LogP contribution is 2.29. The van der Waals surface area contributed by atoms with Crippen molar-refractivity contribution in [1.82, 2.24) is 10.2 Å². The van der Waals surface area contributed by atoms with Gasteiger partial charge < -0.3 is 10.2 Å². The second-order valence-electron chi connectivity index (χ2n) is 9.42. The molecule has 202 valence electrons. The van der Waals surface area contributed by atoms with E-state index >= 15 is 0 Å². The highest BCUT2D eigenvalue weighted by Gasteiger charge is 2.33. The summed E-state index contributed by atoms with van der Waals surface area (Å²) in [4.78, 5) is 28.3. The van der Waals surface area contributed by atoms with Gasteiger partial charge in [0.1, 0.15) is 12.6 Å². The fraction of sp³-hybridized carbons (Fsp3) is 0.310. The van der Waals surface area contributed by atoms with Crippen LogP contribution in [0.1, 0.15) is 31.9 Å². The van der Waals surface area contributed by atoms with Crippen molar-refractivity contribution in [2.24, 2.45) is 0 Å². The lowest BCUT2D eigenvalue weighted by Gasteiger charge is -2.32. The Hall–Kier alpha value is -3.36. The second kappa shape index (κ2) is 12.9. The Kier molecular flexibility index (Phi) is 9.94. The highest BCUT2D eigenvalue weighted by atomic mass is 35.5. The smallest absolute Gasteiger partial charge is 0.264 e. The number of amides is 2. The Morgan fingerprint density at radius 2 is 1.53 bits per heavy atom. The third kappa shape index (κ3) is 7.36. The van der Waals surface area contributed by atoms with E-state index in [2.05, 4.69) is 5.32 Å². The number of carbonyl (C=O) groups is 2. The lowest BCUT2D eigenvalue weighted by atomic mass is 10.1. The molecule has 0 aromatic heterocycles. The lowest BCUT2D eigenvalue weighted by molar-refractivity contribution is -0.139. The van der Waals surface area contributed by atoms with Crippen LogP contribution in [0.3, 0.4) is 0 Å². The average molecular weight is 556 g/mol. The van der Waals surface area contributed by atoms with E-state index in [1.807, 2.05) is 44.2 Å². The molecule has 38 heavy (non-hydrogen) atoms. The normalized spacial score (nSPS) is 12.2. The summed E-state index contributed by atoms with van der Waals surface area (Å²) in [5.74, 6) is -0.789. The van der Waals surface area contributed by atoms with E-state index in [1.54, 1.807) is 50.2 Å². The van der Waals surface area contributed by atoms with E-state index < -0.39 is 28.5 Å². The van der Waals surface area contributed by atoms with Crippen molar-refractivity contribution in [2.45, 2.75) is 51.1 Å². The van der Waals surface area contributed by atoms with Gasteiger partial charge in [-0.1, -0.05) is 60.1 Å². The van der Waals surface area contributed by atoms with Gasteiger partial charge in [-0.3, -0.25) is 13.9 Å². The van der Waals surface area contributed by atoms with Gasteiger partial charge in [0.25, 0.3) is 10.0 Å². The number of rotatable bonds is 11. The van der Waals surface area contributed by atoms with Gasteiger partial charge in [-0.25, -0.2) is 8.42 Å². The predicted octanol–water partition coefficient (Wildman–Crippen LogP) is 4.83. The molecule has 0 saturated carbocycles. The molecule has 0 saturated heterocycles. The number of hydrogen-bond donors (Lipinski definition) is 1. The molecule has 9 heteroatoms. The van der Waals surface area contributed by atoms with Gasteiger partial charge in [0.2, 0.25) is 11.8 Å². The van der Waals surface area contributed by atoms with Crippen LogP contribution in [0.2, 0.25) is 5.02 Å². The summed E-state index contributed by atoms with van der Waals surface area (Å²) < 4.78 is 28.7. The van der Waals surface area contributed by atoms with E-state index in [-0.39, 0.29) is 23.4 Å². The van der Waals surface area contributed by atoms with Crippen LogP contribution in [-0.4, -0.2) is 50.3 Å². The molecule has 0 aliphatic carbocycles. The molecule has 3 rings (SSSR count). The van der Waals surface area contributed by atoms with Crippen molar-refractivity contribution in [3.8, 4) is 0 Å². The van der Waals surface area contributed by atoms with Gasteiger partial charge in [0.05, 0.1) is 10.6 Å². The number of anilines is 1. The summed E-state index contributed by atoms with van der Waals surface area (Å²) in [7, 11) is -4.11. The number of sulfonamides is 1.